The number of para-hydroxylation sites is 1. The minimum absolute atomic E-state index is 0.595. The number of hydrogen-bond acceptors (Lipinski definition) is 1. The van der Waals surface area contributed by atoms with E-state index in [9.17, 15) is 0 Å². The molecule has 0 aliphatic heterocycles. The van der Waals surface area contributed by atoms with Gasteiger partial charge in [-0.05, 0) is 30.7 Å². The van der Waals surface area contributed by atoms with Crippen LogP contribution in [-0.2, 0) is 0 Å². The first-order valence-electron chi connectivity index (χ1n) is 5.76. The summed E-state index contributed by atoms with van der Waals surface area (Å²) < 4.78 is 5.56. The van der Waals surface area contributed by atoms with Crippen molar-refractivity contribution in [2.45, 2.75) is 6.92 Å². The van der Waals surface area contributed by atoms with Gasteiger partial charge in [0.1, 0.15) is 12.4 Å². The average molecular weight is 224 g/mol. The summed E-state index contributed by atoms with van der Waals surface area (Å²) in [5.74, 6) is 0.904. The molecule has 2 aromatic rings. The minimum Gasteiger partial charge on any atom is -0.490 e. The fraction of sp³-hybridized carbons (Fsp3) is 0.125. The van der Waals surface area contributed by atoms with Crippen LogP contribution in [0.25, 0.3) is 6.08 Å². The Hall–Kier alpha value is -2.02. The molecule has 0 radical (unpaired) electrons. The van der Waals surface area contributed by atoms with Crippen molar-refractivity contribution < 1.29 is 4.74 Å². The first-order valence-corrected chi connectivity index (χ1v) is 5.76. The van der Waals surface area contributed by atoms with Gasteiger partial charge in [-0.2, -0.15) is 0 Å². The summed E-state index contributed by atoms with van der Waals surface area (Å²) in [5, 5.41) is 0. The molecule has 17 heavy (non-hydrogen) atoms. The van der Waals surface area contributed by atoms with E-state index in [1.807, 2.05) is 36.4 Å². The molecule has 0 heterocycles. The SMILES string of the molecule is Cc1ccc(/C=C/COc2ccccc2)cc1. The van der Waals surface area contributed by atoms with Crippen LogP contribution in [0, 0.1) is 6.92 Å². The molecule has 0 aliphatic rings. The first-order chi connectivity index (χ1) is 8.34. The summed E-state index contributed by atoms with van der Waals surface area (Å²) in [5.41, 5.74) is 2.48. The molecular weight excluding hydrogens is 208 g/mol. The molecule has 0 atom stereocenters. The summed E-state index contributed by atoms with van der Waals surface area (Å²) in [4.78, 5) is 0. The van der Waals surface area contributed by atoms with E-state index in [0.29, 0.717) is 6.61 Å². The second-order valence-corrected chi connectivity index (χ2v) is 3.94. The largest absolute Gasteiger partial charge is 0.490 e. The Labute approximate surface area is 102 Å². The monoisotopic (exact) mass is 224 g/mol. The summed E-state index contributed by atoms with van der Waals surface area (Å²) in [7, 11) is 0. The molecule has 0 N–H and O–H groups in total. The summed E-state index contributed by atoms with van der Waals surface area (Å²) in [6.07, 6.45) is 4.10. The zero-order chi connectivity index (χ0) is 11.9. The Balaban J connectivity index is 1.84. The molecule has 2 rings (SSSR count). The van der Waals surface area contributed by atoms with Gasteiger partial charge in [-0.15, -0.1) is 0 Å². The smallest absolute Gasteiger partial charge is 0.119 e. The van der Waals surface area contributed by atoms with Crippen molar-refractivity contribution in [1.29, 1.82) is 0 Å². The highest BCUT2D eigenvalue weighted by atomic mass is 16.5. The molecular formula is C16H16O. The third-order valence-electron chi connectivity index (χ3n) is 2.48. The molecule has 0 saturated heterocycles. The standard InChI is InChI=1S/C16H16O/c1-14-9-11-15(12-10-14)6-5-13-17-16-7-3-2-4-8-16/h2-12H,13H2,1H3/b6-5+. The quantitative estimate of drug-likeness (QED) is 0.760. The van der Waals surface area contributed by atoms with E-state index in [-0.39, 0.29) is 0 Å². The van der Waals surface area contributed by atoms with E-state index >= 15 is 0 Å². The van der Waals surface area contributed by atoms with E-state index in [0.717, 1.165) is 5.75 Å². The number of benzene rings is 2. The Morgan fingerprint density at radius 1 is 0.941 bits per heavy atom. The van der Waals surface area contributed by atoms with Crippen LogP contribution in [-0.4, -0.2) is 6.61 Å². The van der Waals surface area contributed by atoms with Crippen molar-refractivity contribution in [3.63, 3.8) is 0 Å². The lowest BCUT2D eigenvalue weighted by atomic mass is 10.1. The predicted molar refractivity (Wildman–Crippen MR) is 72.2 cm³/mol. The highest BCUT2D eigenvalue weighted by Crippen LogP contribution is 2.09. The van der Waals surface area contributed by atoms with Gasteiger partial charge in [0.15, 0.2) is 0 Å². The summed E-state index contributed by atoms with van der Waals surface area (Å²) >= 11 is 0. The third kappa shape index (κ3) is 3.80. The molecule has 1 nitrogen and oxygen atoms in total. The van der Waals surface area contributed by atoms with Crippen LogP contribution in [0.3, 0.4) is 0 Å². The predicted octanol–water partition coefficient (Wildman–Crippen LogP) is 4.09. The lowest BCUT2D eigenvalue weighted by Crippen LogP contribution is -1.92. The van der Waals surface area contributed by atoms with Crippen molar-refractivity contribution in [3.8, 4) is 5.75 Å². The molecule has 2 aromatic carbocycles. The van der Waals surface area contributed by atoms with Gasteiger partial charge >= 0.3 is 0 Å². The van der Waals surface area contributed by atoms with E-state index in [1.54, 1.807) is 0 Å². The van der Waals surface area contributed by atoms with Gasteiger partial charge < -0.3 is 4.74 Å². The maximum atomic E-state index is 5.56. The number of rotatable bonds is 4. The molecule has 0 amide bonds. The maximum Gasteiger partial charge on any atom is 0.119 e. The third-order valence-corrected chi connectivity index (χ3v) is 2.48. The molecule has 1 heteroatoms. The van der Waals surface area contributed by atoms with Gasteiger partial charge in [-0.1, -0.05) is 54.1 Å². The molecule has 0 bridgehead atoms. The number of aryl methyl sites for hydroxylation is 1. The van der Waals surface area contributed by atoms with Crippen LogP contribution in [0.15, 0.2) is 60.7 Å². The molecule has 0 spiro atoms. The van der Waals surface area contributed by atoms with E-state index in [2.05, 4.69) is 37.3 Å². The molecule has 0 fully saturated rings. The van der Waals surface area contributed by atoms with Crippen molar-refractivity contribution in [3.05, 3.63) is 71.8 Å². The highest BCUT2D eigenvalue weighted by Gasteiger charge is 1.88. The molecule has 0 saturated carbocycles. The average Bonchev–Trinajstić information content (AvgIpc) is 2.38. The van der Waals surface area contributed by atoms with Crippen molar-refractivity contribution in [2.75, 3.05) is 6.61 Å². The fourth-order valence-corrected chi connectivity index (χ4v) is 1.52. The van der Waals surface area contributed by atoms with Crippen LogP contribution in [0.2, 0.25) is 0 Å². The molecule has 0 unspecified atom stereocenters. The highest BCUT2D eigenvalue weighted by molar-refractivity contribution is 5.49. The van der Waals surface area contributed by atoms with Gasteiger partial charge in [-0.25, -0.2) is 0 Å². The minimum atomic E-state index is 0.595. The van der Waals surface area contributed by atoms with Crippen LogP contribution in [0.1, 0.15) is 11.1 Å². The molecule has 0 aliphatic carbocycles. The second kappa shape index (κ2) is 5.90. The van der Waals surface area contributed by atoms with Gasteiger partial charge in [-0.3, -0.25) is 0 Å². The van der Waals surface area contributed by atoms with Crippen LogP contribution < -0.4 is 4.74 Å². The second-order valence-electron chi connectivity index (χ2n) is 3.94. The maximum absolute atomic E-state index is 5.56. The summed E-state index contributed by atoms with van der Waals surface area (Å²) in [6.45, 7) is 2.68. The van der Waals surface area contributed by atoms with Crippen molar-refractivity contribution in [2.24, 2.45) is 0 Å². The van der Waals surface area contributed by atoms with Gasteiger partial charge in [0.2, 0.25) is 0 Å². The zero-order valence-corrected chi connectivity index (χ0v) is 9.97. The van der Waals surface area contributed by atoms with Crippen LogP contribution in [0.4, 0.5) is 0 Å². The van der Waals surface area contributed by atoms with Crippen molar-refractivity contribution in [1.82, 2.24) is 0 Å². The first kappa shape index (κ1) is 11.5. The topological polar surface area (TPSA) is 9.23 Å². The molecule has 0 aromatic heterocycles. The number of ether oxygens (including phenoxy) is 1. The Morgan fingerprint density at radius 2 is 1.65 bits per heavy atom. The Bertz CT molecular complexity index is 469. The van der Waals surface area contributed by atoms with E-state index in [4.69, 9.17) is 4.74 Å². The van der Waals surface area contributed by atoms with E-state index in [1.165, 1.54) is 11.1 Å². The lowest BCUT2D eigenvalue weighted by Gasteiger charge is -2.01. The fourth-order valence-electron chi connectivity index (χ4n) is 1.52. The number of hydrogen-bond donors (Lipinski definition) is 0. The Kier molecular flexibility index (Phi) is 3.98. The van der Waals surface area contributed by atoms with Crippen LogP contribution in [0.5, 0.6) is 5.75 Å². The van der Waals surface area contributed by atoms with Crippen LogP contribution >= 0.6 is 0 Å². The normalized spacial score (nSPS) is 10.6. The summed E-state index contributed by atoms with van der Waals surface area (Å²) in [6, 6.07) is 18.3. The lowest BCUT2D eigenvalue weighted by molar-refractivity contribution is 0.363. The van der Waals surface area contributed by atoms with Crippen molar-refractivity contribution >= 4 is 6.08 Å². The zero-order valence-electron chi connectivity index (χ0n) is 9.97. The van der Waals surface area contributed by atoms with Gasteiger partial charge in [0.05, 0.1) is 0 Å². The van der Waals surface area contributed by atoms with Gasteiger partial charge in [0.25, 0.3) is 0 Å². The van der Waals surface area contributed by atoms with E-state index < -0.39 is 0 Å². The van der Waals surface area contributed by atoms with Gasteiger partial charge in [0, 0.05) is 0 Å². The Morgan fingerprint density at radius 3 is 2.35 bits per heavy atom. The molecule has 86 valence electrons.